The van der Waals surface area contributed by atoms with Crippen molar-refractivity contribution in [3.8, 4) is 11.4 Å². The number of hydrogen-bond donors (Lipinski definition) is 1. The number of aryl methyl sites for hydroxylation is 1. The topological polar surface area (TPSA) is 43.8 Å². The highest BCUT2D eigenvalue weighted by atomic mass is 15.0. The van der Waals surface area contributed by atoms with Crippen molar-refractivity contribution in [2.75, 3.05) is 6.54 Å². The van der Waals surface area contributed by atoms with Crippen LogP contribution in [0.1, 0.15) is 31.0 Å². The maximum Gasteiger partial charge on any atom is 0.139 e. The molecule has 0 aliphatic carbocycles. The summed E-state index contributed by atoms with van der Waals surface area (Å²) < 4.78 is 2.06. The first-order valence-corrected chi connectivity index (χ1v) is 6.44. The van der Waals surface area contributed by atoms with Gasteiger partial charge in [-0.15, -0.1) is 0 Å². The van der Waals surface area contributed by atoms with Crippen molar-refractivity contribution < 1.29 is 0 Å². The Morgan fingerprint density at radius 3 is 2.44 bits per heavy atom. The van der Waals surface area contributed by atoms with Crippen LogP contribution in [0.25, 0.3) is 11.4 Å². The van der Waals surface area contributed by atoms with Gasteiger partial charge in [-0.2, -0.15) is 0 Å². The van der Waals surface area contributed by atoms with E-state index in [0.29, 0.717) is 12.5 Å². The molecule has 3 nitrogen and oxygen atoms in total. The van der Waals surface area contributed by atoms with Gasteiger partial charge < -0.3 is 10.3 Å². The maximum absolute atomic E-state index is 5.56. The van der Waals surface area contributed by atoms with E-state index in [-0.39, 0.29) is 0 Å². The van der Waals surface area contributed by atoms with Gasteiger partial charge in [0.05, 0.1) is 5.69 Å². The van der Waals surface area contributed by atoms with Crippen LogP contribution in [-0.2, 0) is 13.5 Å². The minimum absolute atomic E-state index is 0.563. The van der Waals surface area contributed by atoms with Crippen LogP contribution in [0.2, 0.25) is 0 Å². The van der Waals surface area contributed by atoms with Crippen molar-refractivity contribution in [1.29, 1.82) is 0 Å². The maximum atomic E-state index is 5.56. The molecule has 0 radical (unpaired) electrons. The Kier molecular flexibility index (Phi) is 3.82. The summed E-state index contributed by atoms with van der Waals surface area (Å²) in [5.74, 6) is 1.57. The predicted octanol–water partition coefficient (Wildman–Crippen LogP) is 2.71. The highest BCUT2D eigenvalue weighted by Crippen LogP contribution is 2.21. The molecule has 0 saturated heterocycles. The number of aromatic nitrogens is 2. The van der Waals surface area contributed by atoms with Crippen molar-refractivity contribution in [2.24, 2.45) is 12.8 Å². The van der Waals surface area contributed by atoms with Crippen molar-refractivity contribution in [2.45, 2.75) is 26.2 Å². The third-order valence-electron chi connectivity index (χ3n) is 3.16. The molecule has 1 heterocycles. The summed E-state index contributed by atoms with van der Waals surface area (Å²) in [6, 6.07) is 8.64. The van der Waals surface area contributed by atoms with Gasteiger partial charge >= 0.3 is 0 Å². The van der Waals surface area contributed by atoms with Crippen LogP contribution in [0.15, 0.2) is 30.5 Å². The molecule has 0 fully saturated rings. The van der Waals surface area contributed by atoms with Crippen LogP contribution in [0, 0.1) is 0 Å². The van der Waals surface area contributed by atoms with Gasteiger partial charge in [-0.05, 0) is 18.0 Å². The highest BCUT2D eigenvalue weighted by molar-refractivity contribution is 5.56. The monoisotopic (exact) mass is 243 g/mol. The van der Waals surface area contributed by atoms with E-state index in [0.717, 1.165) is 23.5 Å². The molecule has 0 bridgehead atoms. The lowest BCUT2D eigenvalue weighted by Crippen LogP contribution is -2.02. The lowest BCUT2D eigenvalue weighted by atomic mass is 10.0. The standard InChI is InChI=1S/C15H21N3/c1-11(2)12-4-6-13(7-5-12)15-17-14(8-9-16)10-18(15)3/h4-7,10-11H,8-9,16H2,1-3H3. The van der Waals surface area contributed by atoms with Gasteiger partial charge in [0.1, 0.15) is 5.82 Å². The molecule has 1 aromatic carbocycles. The predicted molar refractivity (Wildman–Crippen MR) is 75.5 cm³/mol. The summed E-state index contributed by atoms with van der Waals surface area (Å²) in [7, 11) is 2.03. The van der Waals surface area contributed by atoms with Gasteiger partial charge in [-0.1, -0.05) is 38.1 Å². The van der Waals surface area contributed by atoms with Gasteiger partial charge in [-0.3, -0.25) is 0 Å². The average Bonchev–Trinajstić information content (AvgIpc) is 2.71. The molecule has 96 valence electrons. The minimum atomic E-state index is 0.563. The Labute approximate surface area is 109 Å². The lowest BCUT2D eigenvalue weighted by molar-refractivity contribution is 0.866. The second kappa shape index (κ2) is 5.36. The van der Waals surface area contributed by atoms with Gasteiger partial charge in [0.2, 0.25) is 0 Å². The zero-order chi connectivity index (χ0) is 13.1. The summed E-state index contributed by atoms with van der Waals surface area (Å²) in [6.07, 6.45) is 2.89. The Balaban J connectivity index is 2.30. The lowest BCUT2D eigenvalue weighted by Gasteiger charge is -2.06. The molecular weight excluding hydrogens is 222 g/mol. The van der Waals surface area contributed by atoms with Crippen LogP contribution in [0.4, 0.5) is 0 Å². The second-order valence-corrected chi connectivity index (χ2v) is 4.98. The number of nitrogens with zero attached hydrogens (tertiary/aromatic N) is 2. The smallest absolute Gasteiger partial charge is 0.139 e. The SMILES string of the molecule is CC(C)c1ccc(-c2nc(CCN)cn2C)cc1. The van der Waals surface area contributed by atoms with Crippen LogP contribution in [-0.4, -0.2) is 16.1 Å². The van der Waals surface area contributed by atoms with Gasteiger partial charge in [-0.25, -0.2) is 4.98 Å². The van der Waals surface area contributed by atoms with E-state index in [4.69, 9.17) is 5.73 Å². The van der Waals surface area contributed by atoms with Crippen molar-refractivity contribution >= 4 is 0 Å². The molecule has 2 rings (SSSR count). The van der Waals surface area contributed by atoms with E-state index in [1.54, 1.807) is 0 Å². The summed E-state index contributed by atoms with van der Waals surface area (Å²) in [6.45, 7) is 5.05. The molecule has 0 spiro atoms. The molecule has 1 aromatic heterocycles. The first-order chi connectivity index (χ1) is 8.61. The second-order valence-electron chi connectivity index (χ2n) is 4.98. The fraction of sp³-hybridized carbons (Fsp3) is 0.400. The largest absolute Gasteiger partial charge is 0.334 e. The summed E-state index contributed by atoms with van der Waals surface area (Å²) in [5.41, 5.74) is 9.13. The summed E-state index contributed by atoms with van der Waals surface area (Å²) in [5, 5.41) is 0. The molecule has 0 saturated carbocycles. The molecule has 18 heavy (non-hydrogen) atoms. The van der Waals surface area contributed by atoms with E-state index in [2.05, 4.69) is 53.9 Å². The molecule has 0 atom stereocenters. The Bertz CT molecular complexity index is 509. The fourth-order valence-electron chi connectivity index (χ4n) is 2.08. The average molecular weight is 243 g/mol. The van der Waals surface area contributed by atoms with Crippen LogP contribution >= 0.6 is 0 Å². The van der Waals surface area contributed by atoms with E-state index in [9.17, 15) is 0 Å². The van der Waals surface area contributed by atoms with Crippen LogP contribution in [0.3, 0.4) is 0 Å². The number of imidazole rings is 1. The first kappa shape index (κ1) is 12.8. The molecule has 0 amide bonds. The van der Waals surface area contributed by atoms with E-state index in [1.807, 2.05) is 7.05 Å². The van der Waals surface area contributed by atoms with Crippen molar-refractivity contribution in [3.63, 3.8) is 0 Å². The molecule has 0 aliphatic heterocycles. The first-order valence-electron chi connectivity index (χ1n) is 6.44. The van der Waals surface area contributed by atoms with Crippen LogP contribution < -0.4 is 5.73 Å². The number of rotatable bonds is 4. The Hall–Kier alpha value is -1.61. The Morgan fingerprint density at radius 2 is 1.89 bits per heavy atom. The van der Waals surface area contributed by atoms with E-state index >= 15 is 0 Å². The third kappa shape index (κ3) is 2.62. The van der Waals surface area contributed by atoms with Gasteiger partial charge in [0, 0.05) is 25.2 Å². The highest BCUT2D eigenvalue weighted by Gasteiger charge is 2.07. The molecule has 3 heteroatoms. The zero-order valence-corrected chi connectivity index (χ0v) is 11.4. The summed E-state index contributed by atoms with van der Waals surface area (Å²) in [4.78, 5) is 4.63. The number of hydrogen-bond acceptors (Lipinski definition) is 2. The van der Waals surface area contributed by atoms with E-state index < -0.39 is 0 Å². The van der Waals surface area contributed by atoms with Crippen molar-refractivity contribution in [3.05, 3.63) is 41.7 Å². The van der Waals surface area contributed by atoms with E-state index in [1.165, 1.54) is 5.56 Å². The zero-order valence-electron chi connectivity index (χ0n) is 11.4. The minimum Gasteiger partial charge on any atom is -0.334 e. The normalized spacial score (nSPS) is 11.2. The third-order valence-corrected chi connectivity index (χ3v) is 3.16. The van der Waals surface area contributed by atoms with Crippen molar-refractivity contribution in [1.82, 2.24) is 9.55 Å². The molecular formula is C15H21N3. The summed E-state index contributed by atoms with van der Waals surface area (Å²) >= 11 is 0. The number of benzene rings is 1. The molecule has 0 unspecified atom stereocenters. The molecule has 2 aromatic rings. The molecule has 0 aliphatic rings. The quantitative estimate of drug-likeness (QED) is 0.897. The van der Waals surface area contributed by atoms with Gasteiger partial charge in [0.15, 0.2) is 0 Å². The van der Waals surface area contributed by atoms with Gasteiger partial charge in [0.25, 0.3) is 0 Å². The Morgan fingerprint density at radius 1 is 1.22 bits per heavy atom. The number of nitrogens with two attached hydrogens (primary N) is 1. The fourth-order valence-corrected chi connectivity index (χ4v) is 2.08. The molecule has 2 N–H and O–H groups in total. The van der Waals surface area contributed by atoms with Crippen LogP contribution in [0.5, 0.6) is 0 Å².